The van der Waals surface area contributed by atoms with Crippen LogP contribution in [0.4, 0.5) is 10.5 Å². The lowest BCUT2D eigenvalue weighted by Crippen LogP contribution is -2.24. The Bertz CT molecular complexity index is 1290. The highest BCUT2D eigenvalue weighted by Crippen LogP contribution is 2.36. The summed E-state index contributed by atoms with van der Waals surface area (Å²) in [7, 11) is 6.36. The summed E-state index contributed by atoms with van der Waals surface area (Å²) in [6, 6.07) is 9.80. The molecule has 1 aromatic heterocycles. The Kier molecular flexibility index (Phi) is 5.31. The maximum absolute atomic E-state index is 13.1. The van der Waals surface area contributed by atoms with E-state index in [0.717, 1.165) is 10.9 Å². The van der Waals surface area contributed by atoms with Crippen LogP contribution >= 0.6 is 0 Å². The number of aromatic nitrogens is 1. The molecule has 3 N–H and O–H groups in total. The Balaban J connectivity index is 1.79. The summed E-state index contributed by atoms with van der Waals surface area (Å²) >= 11 is 0. The van der Waals surface area contributed by atoms with Crippen molar-refractivity contribution in [2.75, 3.05) is 33.6 Å². The monoisotopic (exact) mass is 434 g/mol. The normalized spacial score (nSPS) is 13.6. The molecule has 9 nitrogen and oxygen atoms in total. The maximum atomic E-state index is 13.1. The number of anilines is 1. The molecule has 0 bridgehead atoms. The smallest absolute Gasteiger partial charge is 0.318 e. The first-order valence-electron chi connectivity index (χ1n) is 9.80. The number of nitrogens with one attached hydrogen (secondary N) is 3. The zero-order valence-electron chi connectivity index (χ0n) is 18.0. The van der Waals surface area contributed by atoms with Gasteiger partial charge in [0.25, 0.3) is 5.91 Å². The maximum Gasteiger partial charge on any atom is 0.318 e. The van der Waals surface area contributed by atoms with Gasteiger partial charge in [-0.15, -0.1) is 0 Å². The average Bonchev–Trinajstić information content (AvgIpc) is 3.30. The number of methoxy groups -OCH3 is 1. The molecule has 0 saturated heterocycles. The van der Waals surface area contributed by atoms with Crippen molar-refractivity contribution in [2.45, 2.75) is 0 Å². The van der Waals surface area contributed by atoms with Gasteiger partial charge in [0, 0.05) is 43.3 Å². The van der Waals surface area contributed by atoms with Gasteiger partial charge in [-0.3, -0.25) is 9.59 Å². The van der Waals surface area contributed by atoms with Gasteiger partial charge in [-0.1, -0.05) is 0 Å². The van der Waals surface area contributed by atoms with Gasteiger partial charge in [0.1, 0.15) is 17.2 Å². The van der Waals surface area contributed by atoms with E-state index in [1.807, 2.05) is 6.07 Å². The second-order valence-electron chi connectivity index (χ2n) is 7.38. The number of amides is 3. The summed E-state index contributed by atoms with van der Waals surface area (Å²) in [5.41, 5.74) is 2.37. The standard InChI is InChI=1S/C23H22N4O5/c1-24-23(30)25-12-5-8-18-16(9-12)21(28)19(32-18)11-15-14-10-13(31-4)6-7-17(14)26-20(15)22(29)27(2)3/h5-11,26H,1-4H3,(H2,24,25,30). The van der Waals surface area contributed by atoms with Crippen LogP contribution < -0.4 is 20.1 Å². The van der Waals surface area contributed by atoms with E-state index < -0.39 is 6.03 Å². The minimum atomic E-state index is -0.397. The Morgan fingerprint density at radius 3 is 2.62 bits per heavy atom. The zero-order valence-corrected chi connectivity index (χ0v) is 18.0. The van der Waals surface area contributed by atoms with E-state index in [9.17, 15) is 14.4 Å². The summed E-state index contributed by atoms with van der Waals surface area (Å²) < 4.78 is 11.1. The highest BCUT2D eigenvalue weighted by atomic mass is 16.5. The predicted molar refractivity (Wildman–Crippen MR) is 120 cm³/mol. The van der Waals surface area contributed by atoms with Crippen molar-refractivity contribution < 1.29 is 23.9 Å². The molecule has 0 saturated carbocycles. The van der Waals surface area contributed by atoms with Crippen molar-refractivity contribution in [1.29, 1.82) is 0 Å². The molecule has 0 spiro atoms. The molecule has 0 aliphatic carbocycles. The first kappa shape index (κ1) is 21.0. The van der Waals surface area contributed by atoms with Gasteiger partial charge in [-0.05, 0) is 42.5 Å². The molecule has 0 fully saturated rings. The molecule has 1 aliphatic rings. The van der Waals surface area contributed by atoms with E-state index in [1.165, 1.54) is 11.9 Å². The number of H-pyrrole nitrogens is 1. The summed E-state index contributed by atoms with van der Waals surface area (Å²) in [5.74, 6) is 0.482. The van der Waals surface area contributed by atoms with Crippen LogP contribution in [-0.4, -0.2) is 55.9 Å². The second-order valence-corrected chi connectivity index (χ2v) is 7.38. The number of Topliss-reactive ketones (excluding diaryl/α,β-unsaturated/α-hetero) is 1. The third-order valence-corrected chi connectivity index (χ3v) is 5.09. The molecule has 3 aromatic rings. The topological polar surface area (TPSA) is 113 Å². The first-order valence-corrected chi connectivity index (χ1v) is 9.80. The fraction of sp³-hybridized carbons (Fsp3) is 0.174. The zero-order chi connectivity index (χ0) is 23.0. The fourth-order valence-electron chi connectivity index (χ4n) is 3.45. The van der Waals surface area contributed by atoms with Crippen LogP contribution in [0.25, 0.3) is 17.0 Å². The Morgan fingerprint density at radius 1 is 1.16 bits per heavy atom. The van der Waals surface area contributed by atoms with Crippen molar-refractivity contribution in [2.24, 2.45) is 0 Å². The Morgan fingerprint density at radius 2 is 1.94 bits per heavy atom. The number of benzene rings is 2. The van der Waals surface area contributed by atoms with E-state index in [-0.39, 0.29) is 17.4 Å². The summed E-state index contributed by atoms with van der Waals surface area (Å²) in [6.45, 7) is 0. The Labute approximate surface area is 184 Å². The minimum absolute atomic E-state index is 0.0774. The van der Waals surface area contributed by atoms with Crippen LogP contribution in [0.15, 0.2) is 42.2 Å². The van der Waals surface area contributed by atoms with Gasteiger partial charge >= 0.3 is 6.03 Å². The van der Waals surface area contributed by atoms with Crippen LogP contribution in [0.2, 0.25) is 0 Å². The van der Waals surface area contributed by atoms with E-state index in [4.69, 9.17) is 9.47 Å². The fourth-order valence-corrected chi connectivity index (χ4v) is 3.45. The summed E-state index contributed by atoms with van der Waals surface area (Å²) in [6.07, 6.45) is 1.56. The SMILES string of the molecule is CNC(=O)Nc1ccc2c(c1)C(=O)C(=Cc1c(C(=O)N(C)C)[nH]c3ccc(OC)cc13)O2. The molecule has 2 heterocycles. The molecule has 3 amide bonds. The second kappa shape index (κ2) is 8.10. The number of carbonyl (C=O) groups excluding carboxylic acids is 3. The van der Waals surface area contributed by atoms with Gasteiger partial charge in [-0.2, -0.15) is 0 Å². The first-order chi connectivity index (χ1) is 15.3. The number of allylic oxidation sites excluding steroid dienone is 1. The number of fused-ring (bicyclic) bond motifs is 2. The van der Waals surface area contributed by atoms with Gasteiger partial charge in [0.15, 0.2) is 5.76 Å². The van der Waals surface area contributed by atoms with Crippen molar-refractivity contribution in [3.8, 4) is 11.5 Å². The van der Waals surface area contributed by atoms with Crippen molar-refractivity contribution in [3.63, 3.8) is 0 Å². The molecule has 0 radical (unpaired) electrons. The number of hydrogen-bond donors (Lipinski definition) is 3. The highest BCUT2D eigenvalue weighted by molar-refractivity contribution is 6.17. The molecule has 0 unspecified atom stereocenters. The lowest BCUT2D eigenvalue weighted by molar-refractivity contribution is 0.0822. The van der Waals surface area contributed by atoms with Gasteiger partial charge in [-0.25, -0.2) is 4.79 Å². The number of aromatic amines is 1. The minimum Gasteiger partial charge on any atom is -0.497 e. The summed E-state index contributed by atoms with van der Waals surface area (Å²) in [4.78, 5) is 42.0. The number of ketones is 1. The van der Waals surface area contributed by atoms with Gasteiger partial charge in [0.2, 0.25) is 5.78 Å². The van der Waals surface area contributed by atoms with E-state index in [0.29, 0.717) is 34.0 Å². The van der Waals surface area contributed by atoms with Gasteiger partial charge < -0.3 is 30.0 Å². The summed E-state index contributed by atoms with van der Waals surface area (Å²) in [5, 5.41) is 5.80. The molecule has 4 rings (SSSR count). The van der Waals surface area contributed by atoms with Crippen LogP contribution in [0, 0.1) is 0 Å². The predicted octanol–water partition coefficient (Wildman–Crippen LogP) is 3.25. The molecule has 32 heavy (non-hydrogen) atoms. The largest absolute Gasteiger partial charge is 0.497 e. The molecular formula is C23H22N4O5. The number of nitrogens with zero attached hydrogens (tertiary/aromatic N) is 1. The van der Waals surface area contributed by atoms with E-state index in [2.05, 4.69) is 15.6 Å². The average molecular weight is 434 g/mol. The number of ether oxygens (including phenoxy) is 2. The number of rotatable bonds is 4. The van der Waals surface area contributed by atoms with E-state index >= 15 is 0 Å². The number of urea groups is 1. The van der Waals surface area contributed by atoms with Crippen molar-refractivity contribution in [1.82, 2.24) is 15.2 Å². The molecular weight excluding hydrogens is 412 g/mol. The molecule has 1 aliphatic heterocycles. The van der Waals surface area contributed by atoms with Crippen molar-refractivity contribution in [3.05, 3.63) is 59.0 Å². The molecule has 2 aromatic carbocycles. The third kappa shape index (κ3) is 3.64. The van der Waals surface area contributed by atoms with E-state index in [1.54, 1.807) is 57.6 Å². The van der Waals surface area contributed by atoms with Crippen molar-refractivity contribution >= 4 is 40.4 Å². The number of hydrogen-bond acceptors (Lipinski definition) is 5. The van der Waals surface area contributed by atoms with Crippen LogP contribution in [0.1, 0.15) is 26.4 Å². The van der Waals surface area contributed by atoms with Crippen LogP contribution in [-0.2, 0) is 0 Å². The molecule has 0 atom stereocenters. The van der Waals surface area contributed by atoms with Gasteiger partial charge in [0.05, 0.1) is 12.7 Å². The molecule has 9 heteroatoms. The van der Waals surface area contributed by atoms with Crippen LogP contribution in [0.5, 0.6) is 11.5 Å². The Hall–Kier alpha value is -4.27. The number of carbonyl (C=O) groups is 3. The van der Waals surface area contributed by atoms with Crippen LogP contribution in [0.3, 0.4) is 0 Å². The quantitative estimate of drug-likeness (QED) is 0.546. The third-order valence-electron chi connectivity index (χ3n) is 5.09. The lowest BCUT2D eigenvalue weighted by atomic mass is 10.1. The molecule has 164 valence electrons. The lowest BCUT2D eigenvalue weighted by Gasteiger charge is -2.09. The highest BCUT2D eigenvalue weighted by Gasteiger charge is 2.29.